The number of ether oxygens (including phenoxy) is 1. The number of nitrogens with zero attached hydrogens (tertiary/aromatic N) is 2. The van der Waals surface area contributed by atoms with Gasteiger partial charge in [-0.15, -0.1) is 0 Å². The maximum atomic E-state index is 13.2. The van der Waals surface area contributed by atoms with Crippen LogP contribution in [0.25, 0.3) is 0 Å². The first-order valence-electron chi connectivity index (χ1n) is 9.70. The zero-order valence-corrected chi connectivity index (χ0v) is 15.8. The lowest BCUT2D eigenvalue weighted by Crippen LogP contribution is -2.47. The minimum atomic E-state index is -0.754. The summed E-state index contributed by atoms with van der Waals surface area (Å²) in [6.07, 6.45) is 3.78. The Labute approximate surface area is 163 Å². The lowest BCUT2D eigenvalue weighted by atomic mass is 9.70. The van der Waals surface area contributed by atoms with Crippen molar-refractivity contribution in [2.75, 3.05) is 6.61 Å². The van der Waals surface area contributed by atoms with Gasteiger partial charge < -0.3 is 9.64 Å². The topological polar surface area (TPSA) is 59.5 Å². The molecule has 146 valence electrons. The van der Waals surface area contributed by atoms with E-state index in [1.165, 1.54) is 12.1 Å². The maximum Gasteiger partial charge on any atom is 0.314 e. The molecule has 0 unspecified atom stereocenters. The second-order valence-corrected chi connectivity index (χ2v) is 7.56. The van der Waals surface area contributed by atoms with E-state index in [-0.39, 0.29) is 29.7 Å². The van der Waals surface area contributed by atoms with Crippen molar-refractivity contribution in [1.29, 1.82) is 0 Å². The molecule has 0 spiro atoms. The number of carbonyl (C=O) groups is 2. The third kappa shape index (κ3) is 3.07. The Morgan fingerprint density at radius 2 is 2.00 bits per heavy atom. The van der Waals surface area contributed by atoms with Crippen molar-refractivity contribution < 1.29 is 18.7 Å². The van der Waals surface area contributed by atoms with E-state index in [0.29, 0.717) is 19.4 Å². The van der Waals surface area contributed by atoms with Gasteiger partial charge in [0.1, 0.15) is 11.5 Å². The average Bonchev–Trinajstić information content (AvgIpc) is 3.25. The molecule has 2 aromatic rings. The van der Waals surface area contributed by atoms with E-state index in [1.54, 1.807) is 11.8 Å². The summed E-state index contributed by atoms with van der Waals surface area (Å²) in [5, 5.41) is 0. The van der Waals surface area contributed by atoms with Crippen LogP contribution in [0.5, 0.6) is 0 Å². The Morgan fingerprint density at radius 3 is 2.68 bits per heavy atom. The number of fused-ring (bicyclic) bond motifs is 2. The molecule has 2 fully saturated rings. The molecular weight excluding hydrogens is 359 g/mol. The van der Waals surface area contributed by atoms with E-state index in [4.69, 9.17) is 4.74 Å². The van der Waals surface area contributed by atoms with E-state index >= 15 is 0 Å². The van der Waals surface area contributed by atoms with Crippen molar-refractivity contribution in [2.24, 2.45) is 5.41 Å². The van der Waals surface area contributed by atoms with Gasteiger partial charge in [-0.3, -0.25) is 9.59 Å². The maximum absolute atomic E-state index is 13.2. The molecule has 3 heterocycles. The molecule has 0 aliphatic carbocycles. The van der Waals surface area contributed by atoms with Crippen molar-refractivity contribution in [1.82, 2.24) is 9.88 Å². The number of amides is 1. The van der Waals surface area contributed by atoms with Crippen LogP contribution in [0.4, 0.5) is 4.39 Å². The van der Waals surface area contributed by atoms with Crippen LogP contribution in [0.1, 0.15) is 42.2 Å². The number of benzene rings is 1. The number of pyridine rings is 1. The van der Waals surface area contributed by atoms with Crippen LogP contribution < -0.4 is 0 Å². The zero-order chi connectivity index (χ0) is 19.7. The van der Waals surface area contributed by atoms with Crippen molar-refractivity contribution in [3.05, 3.63) is 65.7 Å². The molecule has 2 aliphatic rings. The molecule has 28 heavy (non-hydrogen) atoms. The average molecular weight is 382 g/mol. The van der Waals surface area contributed by atoms with Gasteiger partial charge in [0, 0.05) is 12.1 Å². The molecule has 6 heteroatoms. The lowest BCUT2D eigenvalue weighted by Gasteiger charge is -2.35. The van der Waals surface area contributed by atoms with Gasteiger partial charge in [0.05, 0.1) is 18.2 Å². The summed E-state index contributed by atoms with van der Waals surface area (Å²) in [5.74, 6) is -0.964. The normalized spacial score (nSPS) is 25.7. The highest BCUT2D eigenvalue weighted by atomic mass is 19.1. The number of hydrogen-bond acceptors (Lipinski definition) is 4. The summed E-state index contributed by atoms with van der Waals surface area (Å²) >= 11 is 0. The number of rotatable bonds is 5. The molecule has 4 rings (SSSR count). The summed E-state index contributed by atoms with van der Waals surface area (Å²) in [7, 11) is 0. The van der Waals surface area contributed by atoms with Crippen molar-refractivity contribution >= 4 is 11.9 Å². The first-order valence-corrected chi connectivity index (χ1v) is 9.70. The predicted molar refractivity (Wildman–Crippen MR) is 101 cm³/mol. The first-order chi connectivity index (χ1) is 13.5. The predicted octanol–water partition coefficient (Wildman–Crippen LogP) is 3.39. The van der Waals surface area contributed by atoms with Gasteiger partial charge in [-0.25, -0.2) is 9.37 Å². The fraction of sp³-hybridized carbons (Fsp3) is 0.409. The van der Waals surface area contributed by atoms with E-state index in [2.05, 4.69) is 4.98 Å². The standard InChI is InChI=1S/C22H23FN2O3/c1-2-28-21(27)22(12-15-6-4-3-5-7-15)13-17-9-11-19(22)25(17)20(26)18-10-8-16(23)14-24-18/h3-8,10,14,17,19H,2,9,11-13H2,1H3/t17-,19+,22+/m1/s1. The monoisotopic (exact) mass is 382 g/mol. The quantitative estimate of drug-likeness (QED) is 0.744. The zero-order valence-electron chi connectivity index (χ0n) is 15.8. The SMILES string of the molecule is CCOC(=O)[C@@]1(Cc2ccccc2)C[C@H]2CC[C@@H]1N2C(=O)c1ccc(F)cn1. The number of aromatic nitrogens is 1. The largest absolute Gasteiger partial charge is 0.465 e. The third-order valence-electron chi connectivity index (χ3n) is 5.97. The second kappa shape index (κ2) is 7.34. The molecule has 1 amide bonds. The Kier molecular flexibility index (Phi) is 4.87. The first kappa shape index (κ1) is 18.6. The minimum Gasteiger partial charge on any atom is -0.465 e. The van der Waals surface area contributed by atoms with Crippen LogP contribution in [-0.2, 0) is 16.0 Å². The van der Waals surface area contributed by atoms with Crippen LogP contribution >= 0.6 is 0 Å². The molecule has 0 saturated carbocycles. The van der Waals surface area contributed by atoms with Gasteiger partial charge in [-0.05, 0) is 50.3 Å². The van der Waals surface area contributed by atoms with Gasteiger partial charge in [-0.1, -0.05) is 30.3 Å². The number of halogens is 1. The van der Waals surface area contributed by atoms with Gasteiger partial charge in [-0.2, -0.15) is 0 Å². The molecule has 5 nitrogen and oxygen atoms in total. The van der Waals surface area contributed by atoms with Gasteiger partial charge in [0.25, 0.3) is 5.91 Å². The molecule has 2 bridgehead atoms. The number of hydrogen-bond donors (Lipinski definition) is 0. The smallest absolute Gasteiger partial charge is 0.314 e. The molecule has 0 N–H and O–H groups in total. The van der Waals surface area contributed by atoms with E-state index in [1.807, 2.05) is 30.3 Å². The van der Waals surface area contributed by atoms with Gasteiger partial charge in [0.2, 0.25) is 0 Å². The molecular formula is C22H23FN2O3. The van der Waals surface area contributed by atoms with Crippen LogP contribution in [0, 0.1) is 11.2 Å². The Bertz CT molecular complexity index is 871. The Morgan fingerprint density at radius 1 is 1.21 bits per heavy atom. The van der Waals surface area contributed by atoms with Crippen LogP contribution in [0.2, 0.25) is 0 Å². The second-order valence-electron chi connectivity index (χ2n) is 7.56. The summed E-state index contributed by atoms with van der Waals surface area (Å²) in [5.41, 5.74) is 0.503. The Balaban J connectivity index is 1.68. The summed E-state index contributed by atoms with van der Waals surface area (Å²) in [6.45, 7) is 2.10. The lowest BCUT2D eigenvalue weighted by molar-refractivity contribution is -0.157. The molecule has 3 atom stereocenters. The Hall–Kier alpha value is -2.76. The van der Waals surface area contributed by atoms with Crippen molar-refractivity contribution in [3.63, 3.8) is 0 Å². The van der Waals surface area contributed by atoms with E-state index < -0.39 is 11.2 Å². The highest BCUT2D eigenvalue weighted by Crippen LogP contribution is 2.52. The highest BCUT2D eigenvalue weighted by molar-refractivity contribution is 5.94. The number of esters is 1. The summed E-state index contributed by atoms with van der Waals surface area (Å²) < 4.78 is 18.7. The van der Waals surface area contributed by atoms with E-state index in [0.717, 1.165) is 24.6 Å². The molecule has 1 aromatic heterocycles. The molecule has 1 aromatic carbocycles. The van der Waals surface area contributed by atoms with Gasteiger partial charge in [0.15, 0.2) is 0 Å². The molecule has 0 radical (unpaired) electrons. The van der Waals surface area contributed by atoms with Crippen LogP contribution in [0.3, 0.4) is 0 Å². The molecule has 2 aliphatic heterocycles. The van der Waals surface area contributed by atoms with Gasteiger partial charge >= 0.3 is 5.97 Å². The summed E-state index contributed by atoms with van der Waals surface area (Å²) in [4.78, 5) is 32.0. The van der Waals surface area contributed by atoms with E-state index in [9.17, 15) is 14.0 Å². The fourth-order valence-corrected chi connectivity index (χ4v) is 4.84. The fourth-order valence-electron chi connectivity index (χ4n) is 4.84. The van der Waals surface area contributed by atoms with Crippen molar-refractivity contribution in [3.8, 4) is 0 Å². The van der Waals surface area contributed by atoms with Crippen molar-refractivity contribution in [2.45, 2.75) is 44.7 Å². The minimum absolute atomic E-state index is 0.0301. The van der Waals surface area contributed by atoms with Crippen LogP contribution in [-0.4, -0.2) is 40.5 Å². The molecule has 2 saturated heterocycles. The highest BCUT2D eigenvalue weighted by Gasteiger charge is 2.62. The third-order valence-corrected chi connectivity index (χ3v) is 5.97. The number of carbonyl (C=O) groups excluding carboxylic acids is 2. The van der Waals surface area contributed by atoms with Crippen LogP contribution in [0.15, 0.2) is 48.7 Å². The summed E-state index contributed by atoms with van der Waals surface area (Å²) in [6, 6.07) is 12.2.